The predicted octanol–water partition coefficient (Wildman–Crippen LogP) is 3.73. The number of imidazole rings is 1. The molecule has 0 aliphatic carbocycles. The van der Waals surface area contributed by atoms with Crippen LogP contribution in [0.5, 0.6) is 0 Å². The fourth-order valence-corrected chi connectivity index (χ4v) is 2.38. The van der Waals surface area contributed by atoms with Gasteiger partial charge in [-0.05, 0) is 36.8 Å². The molecule has 0 amide bonds. The standard InChI is InChI=1S/C14H11F2N3S/c1-8-4-12-13(17-6-8)19(14(20)18-12)7-9-2-3-10(15)5-11(9)16/h2-6H,7H2,1H3,(H,18,20). The second kappa shape index (κ2) is 4.79. The molecular formula is C14H11F2N3S. The van der Waals surface area contributed by atoms with Crippen molar-refractivity contribution in [3.05, 3.63) is 58.0 Å². The molecule has 0 fully saturated rings. The number of aromatic amines is 1. The molecule has 1 N–H and O–H groups in total. The molecular weight excluding hydrogens is 280 g/mol. The molecule has 3 aromatic rings. The lowest BCUT2D eigenvalue weighted by Gasteiger charge is -2.05. The highest BCUT2D eigenvalue weighted by Gasteiger charge is 2.10. The van der Waals surface area contributed by atoms with E-state index in [9.17, 15) is 8.78 Å². The summed E-state index contributed by atoms with van der Waals surface area (Å²) in [6, 6.07) is 5.44. The van der Waals surface area contributed by atoms with Crippen LogP contribution in [0.25, 0.3) is 11.2 Å². The van der Waals surface area contributed by atoms with Gasteiger partial charge in [0.15, 0.2) is 10.4 Å². The maximum absolute atomic E-state index is 13.7. The number of aromatic nitrogens is 3. The van der Waals surface area contributed by atoms with Gasteiger partial charge >= 0.3 is 0 Å². The van der Waals surface area contributed by atoms with Crippen LogP contribution in [0.2, 0.25) is 0 Å². The molecule has 1 aromatic carbocycles. The van der Waals surface area contributed by atoms with Gasteiger partial charge in [-0.1, -0.05) is 6.07 Å². The second-order valence-corrected chi connectivity index (χ2v) is 5.02. The molecule has 2 heterocycles. The van der Waals surface area contributed by atoms with Crippen LogP contribution in [0.4, 0.5) is 8.78 Å². The van der Waals surface area contributed by atoms with Crippen LogP contribution in [-0.2, 0) is 6.54 Å². The van der Waals surface area contributed by atoms with E-state index in [1.54, 1.807) is 10.8 Å². The number of H-pyrrole nitrogens is 1. The highest BCUT2D eigenvalue weighted by Crippen LogP contribution is 2.17. The van der Waals surface area contributed by atoms with Gasteiger partial charge in [0, 0.05) is 17.8 Å². The van der Waals surface area contributed by atoms with Gasteiger partial charge < -0.3 is 4.98 Å². The Labute approximate surface area is 118 Å². The highest BCUT2D eigenvalue weighted by atomic mass is 32.1. The molecule has 3 rings (SSSR count). The van der Waals surface area contributed by atoms with Gasteiger partial charge in [-0.15, -0.1) is 0 Å². The fourth-order valence-electron chi connectivity index (χ4n) is 2.11. The summed E-state index contributed by atoms with van der Waals surface area (Å²) in [6.45, 7) is 2.14. The average molecular weight is 291 g/mol. The zero-order chi connectivity index (χ0) is 14.3. The van der Waals surface area contributed by atoms with Crippen LogP contribution in [0, 0.1) is 23.3 Å². The number of pyridine rings is 1. The van der Waals surface area contributed by atoms with E-state index in [0.717, 1.165) is 17.1 Å². The number of benzene rings is 1. The zero-order valence-corrected chi connectivity index (χ0v) is 11.5. The number of aryl methyl sites for hydroxylation is 1. The Morgan fingerprint density at radius 1 is 1.30 bits per heavy atom. The lowest BCUT2D eigenvalue weighted by atomic mass is 10.2. The Hall–Kier alpha value is -2.08. The summed E-state index contributed by atoms with van der Waals surface area (Å²) >= 11 is 5.24. The van der Waals surface area contributed by atoms with Gasteiger partial charge in [0.1, 0.15) is 11.6 Å². The lowest BCUT2D eigenvalue weighted by molar-refractivity contribution is 0.566. The Kier molecular flexibility index (Phi) is 3.10. The average Bonchev–Trinajstić information content (AvgIpc) is 2.68. The Morgan fingerprint density at radius 2 is 2.10 bits per heavy atom. The Morgan fingerprint density at radius 3 is 2.85 bits per heavy atom. The molecule has 0 radical (unpaired) electrons. The van der Waals surface area contributed by atoms with E-state index in [1.165, 1.54) is 12.1 Å². The van der Waals surface area contributed by atoms with Gasteiger partial charge in [-0.2, -0.15) is 0 Å². The van der Waals surface area contributed by atoms with E-state index in [0.29, 0.717) is 16.0 Å². The molecule has 0 aliphatic rings. The maximum atomic E-state index is 13.7. The van der Waals surface area contributed by atoms with Crippen LogP contribution < -0.4 is 0 Å². The van der Waals surface area contributed by atoms with Crippen LogP contribution in [0.3, 0.4) is 0 Å². The highest BCUT2D eigenvalue weighted by molar-refractivity contribution is 7.71. The second-order valence-electron chi connectivity index (χ2n) is 4.64. The molecule has 2 aromatic heterocycles. The first-order chi connectivity index (χ1) is 9.54. The number of halogens is 2. The number of nitrogens with zero attached hydrogens (tertiary/aromatic N) is 2. The minimum absolute atomic E-state index is 0.209. The van der Waals surface area contributed by atoms with Crippen molar-refractivity contribution in [3.8, 4) is 0 Å². The molecule has 102 valence electrons. The first-order valence-corrected chi connectivity index (χ1v) is 6.44. The van der Waals surface area contributed by atoms with Crippen LogP contribution >= 0.6 is 12.2 Å². The van der Waals surface area contributed by atoms with Crippen LogP contribution in [-0.4, -0.2) is 14.5 Å². The van der Waals surface area contributed by atoms with E-state index < -0.39 is 11.6 Å². The number of nitrogens with one attached hydrogen (secondary N) is 1. The molecule has 0 spiro atoms. The van der Waals surface area contributed by atoms with Crippen LogP contribution in [0.1, 0.15) is 11.1 Å². The summed E-state index contributed by atoms with van der Waals surface area (Å²) in [7, 11) is 0. The van der Waals surface area contributed by atoms with Gasteiger partial charge in [-0.25, -0.2) is 13.8 Å². The van der Waals surface area contributed by atoms with Crippen molar-refractivity contribution in [3.63, 3.8) is 0 Å². The fraction of sp³-hybridized carbons (Fsp3) is 0.143. The topological polar surface area (TPSA) is 33.6 Å². The van der Waals surface area contributed by atoms with Crippen molar-refractivity contribution < 1.29 is 8.78 Å². The largest absolute Gasteiger partial charge is 0.329 e. The monoisotopic (exact) mass is 291 g/mol. The van der Waals surface area contributed by atoms with E-state index in [-0.39, 0.29) is 6.54 Å². The summed E-state index contributed by atoms with van der Waals surface area (Å²) in [6.07, 6.45) is 1.72. The summed E-state index contributed by atoms with van der Waals surface area (Å²) in [5, 5.41) is 0. The minimum Gasteiger partial charge on any atom is -0.329 e. The third-order valence-electron chi connectivity index (χ3n) is 3.09. The zero-order valence-electron chi connectivity index (χ0n) is 10.7. The van der Waals surface area contributed by atoms with Crippen molar-refractivity contribution >= 4 is 23.4 Å². The van der Waals surface area contributed by atoms with E-state index >= 15 is 0 Å². The van der Waals surface area contributed by atoms with Crippen molar-refractivity contribution in [2.75, 3.05) is 0 Å². The normalized spacial score (nSPS) is 11.2. The molecule has 0 saturated heterocycles. The number of hydrogen-bond donors (Lipinski definition) is 1. The molecule has 0 unspecified atom stereocenters. The molecule has 0 aliphatic heterocycles. The first-order valence-electron chi connectivity index (χ1n) is 6.03. The van der Waals surface area contributed by atoms with E-state index in [1.807, 2.05) is 13.0 Å². The van der Waals surface area contributed by atoms with Gasteiger partial charge in [0.25, 0.3) is 0 Å². The SMILES string of the molecule is Cc1cnc2c(c1)[nH]c(=S)n2Cc1ccc(F)cc1F. The summed E-state index contributed by atoms with van der Waals surface area (Å²) in [4.78, 5) is 7.35. The number of rotatable bonds is 2. The summed E-state index contributed by atoms with van der Waals surface area (Å²) in [5.74, 6) is -1.18. The van der Waals surface area contributed by atoms with E-state index in [2.05, 4.69) is 9.97 Å². The Balaban J connectivity index is 2.11. The van der Waals surface area contributed by atoms with Crippen molar-refractivity contribution in [1.29, 1.82) is 0 Å². The summed E-state index contributed by atoms with van der Waals surface area (Å²) < 4.78 is 28.8. The quantitative estimate of drug-likeness (QED) is 0.730. The van der Waals surface area contributed by atoms with E-state index in [4.69, 9.17) is 12.2 Å². The third-order valence-corrected chi connectivity index (χ3v) is 3.41. The number of fused-ring (bicyclic) bond motifs is 1. The lowest BCUT2D eigenvalue weighted by Crippen LogP contribution is -2.03. The molecule has 0 bridgehead atoms. The molecule has 3 nitrogen and oxygen atoms in total. The minimum atomic E-state index is -0.595. The molecule has 0 saturated carbocycles. The van der Waals surface area contributed by atoms with Gasteiger partial charge in [0.2, 0.25) is 0 Å². The smallest absolute Gasteiger partial charge is 0.179 e. The van der Waals surface area contributed by atoms with Crippen molar-refractivity contribution in [2.24, 2.45) is 0 Å². The molecule has 6 heteroatoms. The van der Waals surface area contributed by atoms with Gasteiger partial charge in [0.05, 0.1) is 12.1 Å². The third kappa shape index (κ3) is 2.22. The molecule has 20 heavy (non-hydrogen) atoms. The first kappa shape index (κ1) is 12.9. The molecule has 0 atom stereocenters. The number of hydrogen-bond acceptors (Lipinski definition) is 2. The van der Waals surface area contributed by atoms with Crippen molar-refractivity contribution in [2.45, 2.75) is 13.5 Å². The Bertz CT molecular complexity index is 851. The van der Waals surface area contributed by atoms with Crippen LogP contribution in [0.15, 0.2) is 30.5 Å². The summed E-state index contributed by atoms with van der Waals surface area (Å²) in [5.41, 5.74) is 2.83. The predicted molar refractivity (Wildman–Crippen MR) is 75.1 cm³/mol. The van der Waals surface area contributed by atoms with Gasteiger partial charge in [-0.3, -0.25) is 4.57 Å². The van der Waals surface area contributed by atoms with Crippen molar-refractivity contribution in [1.82, 2.24) is 14.5 Å². The maximum Gasteiger partial charge on any atom is 0.179 e.